The molecule has 1 aromatic carbocycles. The molecule has 1 amide bonds. The molecule has 1 unspecified atom stereocenters. The Balaban J connectivity index is 1.89. The smallest absolute Gasteiger partial charge is 0.236 e. The fraction of sp³-hybridized carbons (Fsp3) is 0.562. The van der Waals surface area contributed by atoms with E-state index in [1.807, 2.05) is 4.90 Å². The molecule has 1 heterocycles. The lowest BCUT2D eigenvalue weighted by molar-refractivity contribution is -0.129. The van der Waals surface area contributed by atoms with Crippen molar-refractivity contribution in [2.45, 2.75) is 39.7 Å². The van der Waals surface area contributed by atoms with Crippen LogP contribution in [0.1, 0.15) is 42.5 Å². The summed E-state index contributed by atoms with van der Waals surface area (Å²) in [5, 5.41) is 3.34. The highest BCUT2D eigenvalue weighted by atomic mass is 16.2. The lowest BCUT2D eigenvalue weighted by Crippen LogP contribution is -2.37. The van der Waals surface area contributed by atoms with Crippen molar-refractivity contribution in [2.24, 2.45) is 0 Å². The number of nitrogens with zero attached hydrogens (tertiary/aromatic N) is 1. The Morgan fingerprint density at radius 3 is 2.37 bits per heavy atom. The van der Waals surface area contributed by atoms with Crippen molar-refractivity contribution in [3.63, 3.8) is 0 Å². The Bertz CT molecular complexity index is 430. The minimum atomic E-state index is 0.213. The molecule has 2 rings (SSSR count). The van der Waals surface area contributed by atoms with Gasteiger partial charge in [0.05, 0.1) is 6.54 Å². The van der Waals surface area contributed by atoms with Gasteiger partial charge in [-0.3, -0.25) is 4.79 Å². The third-order valence-corrected chi connectivity index (χ3v) is 3.76. The van der Waals surface area contributed by atoms with Crippen molar-refractivity contribution in [1.82, 2.24) is 10.2 Å². The van der Waals surface area contributed by atoms with Gasteiger partial charge in [-0.25, -0.2) is 0 Å². The first kappa shape index (κ1) is 14.1. The summed E-state index contributed by atoms with van der Waals surface area (Å²) in [4.78, 5) is 13.9. The third-order valence-electron chi connectivity index (χ3n) is 3.76. The zero-order valence-corrected chi connectivity index (χ0v) is 12.2. The van der Waals surface area contributed by atoms with E-state index in [0.717, 1.165) is 25.9 Å². The number of carbonyl (C=O) groups excluding carboxylic acids is 1. The number of likely N-dealkylation sites (tertiary alicyclic amines) is 1. The van der Waals surface area contributed by atoms with Gasteiger partial charge in [0.15, 0.2) is 0 Å². The molecular weight excluding hydrogens is 236 g/mol. The maximum Gasteiger partial charge on any atom is 0.236 e. The molecule has 0 aliphatic carbocycles. The standard InChI is InChI=1S/C16H24N2O/c1-12-8-13(2)10-15(9-12)14(3)17-11-16(19)18-6-4-5-7-18/h8-10,14,17H,4-7,11H2,1-3H3. The van der Waals surface area contributed by atoms with Crippen LogP contribution in [0.25, 0.3) is 0 Å². The molecule has 19 heavy (non-hydrogen) atoms. The van der Waals surface area contributed by atoms with E-state index in [9.17, 15) is 4.79 Å². The molecular formula is C16H24N2O. The lowest BCUT2D eigenvalue weighted by Gasteiger charge is -2.19. The molecule has 1 fully saturated rings. The summed E-state index contributed by atoms with van der Waals surface area (Å²) in [6, 6.07) is 6.76. The third kappa shape index (κ3) is 3.80. The highest BCUT2D eigenvalue weighted by molar-refractivity contribution is 5.78. The highest BCUT2D eigenvalue weighted by Gasteiger charge is 2.18. The largest absolute Gasteiger partial charge is 0.342 e. The average molecular weight is 260 g/mol. The van der Waals surface area contributed by atoms with Crippen molar-refractivity contribution < 1.29 is 4.79 Å². The van der Waals surface area contributed by atoms with Gasteiger partial charge in [-0.15, -0.1) is 0 Å². The molecule has 3 heteroatoms. The fourth-order valence-corrected chi connectivity index (χ4v) is 2.70. The van der Waals surface area contributed by atoms with Gasteiger partial charge in [0.1, 0.15) is 0 Å². The quantitative estimate of drug-likeness (QED) is 0.902. The van der Waals surface area contributed by atoms with Crippen LogP contribution in [-0.4, -0.2) is 30.4 Å². The van der Waals surface area contributed by atoms with E-state index in [-0.39, 0.29) is 11.9 Å². The van der Waals surface area contributed by atoms with E-state index in [2.05, 4.69) is 44.3 Å². The van der Waals surface area contributed by atoms with Crippen LogP contribution in [0.3, 0.4) is 0 Å². The van der Waals surface area contributed by atoms with Crippen LogP contribution in [0.15, 0.2) is 18.2 Å². The van der Waals surface area contributed by atoms with Crippen LogP contribution in [0.4, 0.5) is 0 Å². The molecule has 104 valence electrons. The molecule has 1 aromatic rings. The normalized spacial score (nSPS) is 16.7. The second kappa shape index (κ2) is 6.20. The monoisotopic (exact) mass is 260 g/mol. The summed E-state index contributed by atoms with van der Waals surface area (Å²) in [6.45, 7) is 8.63. The van der Waals surface area contributed by atoms with Crippen LogP contribution in [0.5, 0.6) is 0 Å². The Kier molecular flexibility index (Phi) is 4.59. The van der Waals surface area contributed by atoms with Gasteiger partial charge in [-0.2, -0.15) is 0 Å². The summed E-state index contributed by atoms with van der Waals surface area (Å²) in [5.41, 5.74) is 3.80. The first-order chi connectivity index (χ1) is 9.06. The SMILES string of the molecule is Cc1cc(C)cc(C(C)NCC(=O)N2CCCC2)c1. The number of rotatable bonds is 4. The van der Waals surface area contributed by atoms with Crippen LogP contribution in [0, 0.1) is 13.8 Å². The van der Waals surface area contributed by atoms with Crippen molar-refractivity contribution in [1.29, 1.82) is 0 Å². The summed E-state index contributed by atoms with van der Waals surface area (Å²) >= 11 is 0. The van der Waals surface area contributed by atoms with Gasteiger partial charge in [0.2, 0.25) is 5.91 Å². The zero-order valence-electron chi connectivity index (χ0n) is 12.2. The average Bonchev–Trinajstić information content (AvgIpc) is 2.88. The number of aryl methyl sites for hydroxylation is 2. The minimum absolute atomic E-state index is 0.213. The Morgan fingerprint density at radius 2 is 1.79 bits per heavy atom. The lowest BCUT2D eigenvalue weighted by atomic mass is 10.0. The van der Waals surface area contributed by atoms with Crippen LogP contribution < -0.4 is 5.32 Å². The second-order valence-corrected chi connectivity index (χ2v) is 5.61. The molecule has 0 radical (unpaired) electrons. The van der Waals surface area contributed by atoms with Crippen molar-refractivity contribution >= 4 is 5.91 Å². The van der Waals surface area contributed by atoms with E-state index in [1.165, 1.54) is 16.7 Å². The molecule has 0 saturated carbocycles. The summed E-state index contributed by atoms with van der Waals surface area (Å²) < 4.78 is 0. The number of nitrogens with one attached hydrogen (secondary N) is 1. The fourth-order valence-electron chi connectivity index (χ4n) is 2.70. The second-order valence-electron chi connectivity index (χ2n) is 5.61. The first-order valence-corrected chi connectivity index (χ1v) is 7.15. The van der Waals surface area contributed by atoms with Crippen LogP contribution in [-0.2, 0) is 4.79 Å². The molecule has 1 atom stereocenters. The first-order valence-electron chi connectivity index (χ1n) is 7.15. The van der Waals surface area contributed by atoms with Gasteiger partial charge in [0.25, 0.3) is 0 Å². The van der Waals surface area contributed by atoms with Gasteiger partial charge in [-0.05, 0) is 39.2 Å². The zero-order chi connectivity index (χ0) is 13.8. The predicted octanol–water partition coefficient (Wildman–Crippen LogP) is 2.58. The molecule has 1 N–H and O–H groups in total. The van der Waals surface area contributed by atoms with Crippen molar-refractivity contribution in [3.8, 4) is 0 Å². The maximum absolute atomic E-state index is 12.0. The minimum Gasteiger partial charge on any atom is -0.342 e. The van der Waals surface area contributed by atoms with E-state index < -0.39 is 0 Å². The van der Waals surface area contributed by atoms with Gasteiger partial charge in [-0.1, -0.05) is 29.3 Å². The molecule has 1 saturated heterocycles. The number of carbonyl (C=O) groups is 1. The summed E-state index contributed by atoms with van der Waals surface area (Å²) in [7, 11) is 0. The number of hydrogen-bond acceptors (Lipinski definition) is 2. The van der Waals surface area contributed by atoms with Gasteiger partial charge < -0.3 is 10.2 Å². The Morgan fingerprint density at radius 1 is 1.21 bits per heavy atom. The summed E-state index contributed by atoms with van der Waals surface area (Å²) in [5.74, 6) is 0.230. The van der Waals surface area contributed by atoms with Gasteiger partial charge in [0, 0.05) is 19.1 Å². The number of hydrogen-bond donors (Lipinski definition) is 1. The summed E-state index contributed by atoms with van der Waals surface area (Å²) in [6.07, 6.45) is 2.30. The van der Waals surface area contributed by atoms with Crippen LogP contribution in [0.2, 0.25) is 0 Å². The predicted molar refractivity (Wildman–Crippen MR) is 78.1 cm³/mol. The molecule has 0 bridgehead atoms. The van der Waals surface area contributed by atoms with Crippen molar-refractivity contribution in [3.05, 3.63) is 34.9 Å². The molecule has 0 aromatic heterocycles. The van der Waals surface area contributed by atoms with E-state index in [1.54, 1.807) is 0 Å². The topological polar surface area (TPSA) is 32.3 Å². The van der Waals surface area contributed by atoms with E-state index in [4.69, 9.17) is 0 Å². The number of benzene rings is 1. The molecule has 1 aliphatic rings. The molecule has 1 aliphatic heterocycles. The molecule has 3 nitrogen and oxygen atoms in total. The molecule has 0 spiro atoms. The Labute approximate surface area is 116 Å². The van der Waals surface area contributed by atoms with Gasteiger partial charge >= 0.3 is 0 Å². The van der Waals surface area contributed by atoms with Crippen molar-refractivity contribution in [2.75, 3.05) is 19.6 Å². The highest BCUT2D eigenvalue weighted by Crippen LogP contribution is 2.16. The van der Waals surface area contributed by atoms with E-state index in [0.29, 0.717) is 6.54 Å². The Hall–Kier alpha value is -1.35. The van der Waals surface area contributed by atoms with Crippen LogP contribution >= 0.6 is 0 Å². The number of amides is 1. The van der Waals surface area contributed by atoms with E-state index >= 15 is 0 Å². The maximum atomic E-state index is 12.0.